The Bertz CT molecular complexity index is 522. The minimum absolute atomic E-state index is 0.0301. The van der Waals surface area contributed by atoms with Crippen molar-refractivity contribution in [3.05, 3.63) is 29.8 Å². The summed E-state index contributed by atoms with van der Waals surface area (Å²) >= 11 is 0. The van der Waals surface area contributed by atoms with E-state index in [1.165, 1.54) is 0 Å². The molecule has 0 aromatic heterocycles. The fraction of sp³-hybridized carbons (Fsp3) is 0.529. The molecule has 0 unspecified atom stereocenters. The first kappa shape index (κ1) is 17.3. The van der Waals surface area contributed by atoms with Gasteiger partial charge in [0.15, 0.2) is 0 Å². The quantitative estimate of drug-likeness (QED) is 0.774. The van der Waals surface area contributed by atoms with Crippen molar-refractivity contribution in [2.75, 3.05) is 26.2 Å². The third kappa shape index (κ3) is 5.90. The highest BCUT2D eigenvalue weighted by Gasteiger charge is 2.21. The van der Waals surface area contributed by atoms with Crippen LogP contribution < -0.4 is 15.8 Å². The number of likely N-dealkylation sites (tertiary alicyclic amines) is 1. The van der Waals surface area contributed by atoms with Gasteiger partial charge >= 0.3 is 0 Å². The highest BCUT2D eigenvalue weighted by Crippen LogP contribution is 2.13. The highest BCUT2D eigenvalue weighted by atomic mass is 16.5. The zero-order chi connectivity index (χ0) is 16.7. The lowest BCUT2D eigenvalue weighted by atomic mass is 10.0. The Morgan fingerprint density at radius 3 is 2.48 bits per heavy atom. The second-order valence-electron chi connectivity index (χ2n) is 5.84. The number of piperidine rings is 1. The molecular formula is C17H25N3O3. The molecule has 2 rings (SSSR count). The Morgan fingerprint density at radius 1 is 1.26 bits per heavy atom. The number of carbonyl (C=O) groups is 2. The van der Waals surface area contributed by atoms with E-state index < -0.39 is 0 Å². The monoisotopic (exact) mass is 319 g/mol. The van der Waals surface area contributed by atoms with Gasteiger partial charge in [-0.2, -0.15) is 0 Å². The number of nitrogens with one attached hydrogen (secondary N) is 1. The molecule has 0 atom stereocenters. The summed E-state index contributed by atoms with van der Waals surface area (Å²) in [6.07, 6.45) is 2.07. The van der Waals surface area contributed by atoms with Crippen LogP contribution in [0.4, 0.5) is 0 Å². The van der Waals surface area contributed by atoms with Crippen LogP contribution in [0.15, 0.2) is 24.3 Å². The SMILES string of the molecule is CCOc1ccc(CC(=O)NC2CCN(CC(N)=O)CC2)cc1. The molecule has 1 heterocycles. The van der Waals surface area contributed by atoms with Gasteiger partial charge in [0, 0.05) is 19.1 Å². The molecule has 1 fully saturated rings. The molecule has 6 heteroatoms. The number of nitrogens with two attached hydrogens (primary N) is 1. The molecule has 1 saturated heterocycles. The third-order valence-corrected chi connectivity index (χ3v) is 3.93. The Hall–Kier alpha value is -2.08. The average molecular weight is 319 g/mol. The first-order valence-electron chi connectivity index (χ1n) is 8.08. The number of hydrogen-bond acceptors (Lipinski definition) is 4. The van der Waals surface area contributed by atoms with Crippen LogP contribution in [-0.2, 0) is 16.0 Å². The van der Waals surface area contributed by atoms with Crippen molar-refractivity contribution in [1.82, 2.24) is 10.2 Å². The lowest BCUT2D eigenvalue weighted by Gasteiger charge is -2.31. The molecule has 0 spiro atoms. The van der Waals surface area contributed by atoms with E-state index in [4.69, 9.17) is 10.5 Å². The molecule has 0 radical (unpaired) electrons. The minimum Gasteiger partial charge on any atom is -0.494 e. The predicted molar refractivity (Wildman–Crippen MR) is 88.1 cm³/mol. The van der Waals surface area contributed by atoms with Gasteiger partial charge in [0.1, 0.15) is 5.75 Å². The normalized spacial score (nSPS) is 16.0. The van der Waals surface area contributed by atoms with E-state index in [-0.39, 0.29) is 17.9 Å². The van der Waals surface area contributed by atoms with Crippen molar-refractivity contribution in [1.29, 1.82) is 0 Å². The molecule has 1 aliphatic heterocycles. The van der Waals surface area contributed by atoms with Crippen molar-refractivity contribution >= 4 is 11.8 Å². The largest absolute Gasteiger partial charge is 0.494 e. The van der Waals surface area contributed by atoms with Crippen molar-refractivity contribution in [3.8, 4) is 5.75 Å². The van der Waals surface area contributed by atoms with Gasteiger partial charge in [-0.25, -0.2) is 0 Å². The van der Waals surface area contributed by atoms with Gasteiger partial charge in [-0.1, -0.05) is 12.1 Å². The van der Waals surface area contributed by atoms with E-state index >= 15 is 0 Å². The fourth-order valence-electron chi connectivity index (χ4n) is 2.79. The van der Waals surface area contributed by atoms with E-state index in [2.05, 4.69) is 5.32 Å². The summed E-state index contributed by atoms with van der Waals surface area (Å²) in [6, 6.07) is 7.78. The molecule has 3 N–H and O–H groups in total. The summed E-state index contributed by atoms with van der Waals surface area (Å²) in [4.78, 5) is 25.0. The van der Waals surface area contributed by atoms with E-state index in [1.54, 1.807) is 0 Å². The third-order valence-electron chi connectivity index (χ3n) is 3.93. The van der Waals surface area contributed by atoms with Gasteiger partial charge in [0.2, 0.25) is 11.8 Å². The Labute approximate surface area is 137 Å². The van der Waals surface area contributed by atoms with Gasteiger partial charge in [0.05, 0.1) is 19.6 Å². The molecular weight excluding hydrogens is 294 g/mol. The second-order valence-corrected chi connectivity index (χ2v) is 5.84. The number of primary amides is 1. The average Bonchev–Trinajstić information content (AvgIpc) is 2.51. The number of rotatable bonds is 7. The fourth-order valence-corrected chi connectivity index (χ4v) is 2.79. The number of nitrogens with zero attached hydrogens (tertiary/aromatic N) is 1. The van der Waals surface area contributed by atoms with Crippen molar-refractivity contribution in [2.24, 2.45) is 5.73 Å². The van der Waals surface area contributed by atoms with Crippen LogP contribution in [0.5, 0.6) is 5.75 Å². The summed E-state index contributed by atoms with van der Waals surface area (Å²) < 4.78 is 5.39. The van der Waals surface area contributed by atoms with Crippen LogP contribution in [0.1, 0.15) is 25.3 Å². The zero-order valence-corrected chi connectivity index (χ0v) is 13.6. The summed E-state index contributed by atoms with van der Waals surface area (Å²) in [7, 11) is 0. The highest BCUT2D eigenvalue weighted by molar-refractivity contribution is 5.79. The molecule has 1 aromatic carbocycles. The van der Waals surface area contributed by atoms with E-state index in [9.17, 15) is 9.59 Å². The van der Waals surface area contributed by atoms with Crippen molar-refractivity contribution < 1.29 is 14.3 Å². The molecule has 23 heavy (non-hydrogen) atoms. The predicted octanol–water partition coefficient (Wildman–Crippen LogP) is 0.694. The zero-order valence-electron chi connectivity index (χ0n) is 13.6. The lowest BCUT2D eigenvalue weighted by molar-refractivity contribution is -0.122. The van der Waals surface area contributed by atoms with Gasteiger partial charge in [-0.3, -0.25) is 14.5 Å². The number of carbonyl (C=O) groups excluding carboxylic acids is 2. The Morgan fingerprint density at radius 2 is 1.91 bits per heavy atom. The van der Waals surface area contributed by atoms with Gasteiger partial charge in [-0.05, 0) is 37.5 Å². The molecule has 0 bridgehead atoms. The van der Waals surface area contributed by atoms with Crippen LogP contribution in [0.3, 0.4) is 0 Å². The van der Waals surface area contributed by atoms with Gasteiger partial charge < -0.3 is 15.8 Å². The Kier molecular flexibility index (Phi) is 6.40. The maximum atomic E-state index is 12.1. The van der Waals surface area contributed by atoms with E-state index in [0.717, 1.165) is 37.2 Å². The summed E-state index contributed by atoms with van der Waals surface area (Å²) in [5.74, 6) is 0.545. The number of ether oxygens (including phenoxy) is 1. The maximum absolute atomic E-state index is 12.1. The molecule has 6 nitrogen and oxygen atoms in total. The smallest absolute Gasteiger partial charge is 0.231 e. The van der Waals surface area contributed by atoms with Gasteiger partial charge in [0.25, 0.3) is 0 Å². The number of amides is 2. The molecule has 2 amide bonds. The summed E-state index contributed by atoms with van der Waals surface area (Å²) in [5, 5.41) is 3.07. The van der Waals surface area contributed by atoms with Crippen LogP contribution >= 0.6 is 0 Å². The summed E-state index contributed by atoms with van der Waals surface area (Å²) in [6.45, 7) is 4.45. The molecule has 1 aliphatic rings. The van der Waals surface area contributed by atoms with Crippen molar-refractivity contribution in [3.63, 3.8) is 0 Å². The van der Waals surface area contributed by atoms with E-state index in [0.29, 0.717) is 19.6 Å². The lowest BCUT2D eigenvalue weighted by Crippen LogP contribution is -2.47. The minimum atomic E-state index is -0.303. The van der Waals surface area contributed by atoms with Crippen molar-refractivity contribution in [2.45, 2.75) is 32.2 Å². The summed E-state index contributed by atoms with van der Waals surface area (Å²) in [5.41, 5.74) is 6.16. The van der Waals surface area contributed by atoms with Crippen LogP contribution in [0.25, 0.3) is 0 Å². The molecule has 1 aromatic rings. The van der Waals surface area contributed by atoms with Crippen LogP contribution in [-0.4, -0.2) is 49.0 Å². The number of hydrogen-bond donors (Lipinski definition) is 2. The maximum Gasteiger partial charge on any atom is 0.231 e. The topological polar surface area (TPSA) is 84.7 Å². The standard InChI is InChI=1S/C17H25N3O3/c1-2-23-15-5-3-13(4-6-15)11-17(22)19-14-7-9-20(10-8-14)12-16(18)21/h3-6,14H,2,7-12H2,1H3,(H2,18,21)(H,19,22). The first-order valence-corrected chi connectivity index (χ1v) is 8.08. The molecule has 0 saturated carbocycles. The molecule has 0 aliphatic carbocycles. The van der Waals surface area contributed by atoms with Crippen LogP contribution in [0.2, 0.25) is 0 Å². The van der Waals surface area contributed by atoms with E-state index in [1.807, 2.05) is 36.1 Å². The first-order chi connectivity index (χ1) is 11.1. The number of benzene rings is 1. The van der Waals surface area contributed by atoms with Crippen LogP contribution in [0, 0.1) is 0 Å². The van der Waals surface area contributed by atoms with Gasteiger partial charge in [-0.15, -0.1) is 0 Å². The Balaban J connectivity index is 1.74. The molecule has 126 valence electrons. The second kappa shape index (κ2) is 8.53.